The third-order valence-electron chi connectivity index (χ3n) is 3.78. The van der Waals surface area contributed by atoms with Gasteiger partial charge >= 0.3 is 0 Å². The molecule has 1 atom stereocenters. The predicted octanol–water partition coefficient (Wildman–Crippen LogP) is 2.94. The van der Waals surface area contributed by atoms with Crippen molar-refractivity contribution < 1.29 is 13.9 Å². The molecule has 0 aromatic heterocycles. The van der Waals surface area contributed by atoms with Gasteiger partial charge in [0.25, 0.3) is 5.91 Å². The molecule has 1 aliphatic rings. The molecule has 112 valence electrons. The topological polar surface area (TPSA) is 62.1 Å². The lowest BCUT2D eigenvalue weighted by Gasteiger charge is -2.32. The van der Waals surface area contributed by atoms with Crippen molar-refractivity contribution in [3.05, 3.63) is 30.1 Å². The van der Waals surface area contributed by atoms with Crippen molar-refractivity contribution in [2.45, 2.75) is 50.7 Å². The SMILES string of the molecule is C[C@H](Oc1ccc(F)cc1)C(=O)NC1(C#N)CCCCC1. The maximum Gasteiger partial charge on any atom is 0.262 e. The van der Waals surface area contributed by atoms with Crippen molar-refractivity contribution in [3.63, 3.8) is 0 Å². The van der Waals surface area contributed by atoms with E-state index in [1.807, 2.05) is 0 Å². The Morgan fingerprint density at radius 3 is 2.52 bits per heavy atom. The molecule has 0 heterocycles. The van der Waals surface area contributed by atoms with Crippen molar-refractivity contribution in [1.82, 2.24) is 5.32 Å². The van der Waals surface area contributed by atoms with Gasteiger partial charge in [0.1, 0.15) is 17.1 Å². The van der Waals surface area contributed by atoms with E-state index in [1.54, 1.807) is 6.92 Å². The lowest BCUT2D eigenvalue weighted by atomic mass is 9.83. The molecule has 0 unspecified atom stereocenters. The molecule has 0 radical (unpaired) electrons. The Kier molecular flexibility index (Phi) is 4.79. The summed E-state index contributed by atoms with van der Waals surface area (Å²) in [6.45, 7) is 1.62. The van der Waals surface area contributed by atoms with E-state index in [0.29, 0.717) is 18.6 Å². The fraction of sp³-hybridized carbons (Fsp3) is 0.500. The molecular weight excluding hydrogens is 271 g/mol. The smallest absolute Gasteiger partial charge is 0.262 e. The number of hydrogen-bond acceptors (Lipinski definition) is 3. The van der Waals surface area contributed by atoms with Crippen LogP contribution in [0.15, 0.2) is 24.3 Å². The molecule has 1 N–H and O–H groups in total. The van der Waals surface area contributed by atoms with Gasteiger partial charge in [0.2, 0.25) is 0 Å². The van der Waals surface area contributed by atoms with Crippen LogP contribution in [0, 0.1) is 17.1 Å². The number of nitriles is 1. The average Bonchev–Trinajstić information content (AvgIpc) is 2.50. The Labute approximate surface area is 123 Å². The monoisotopic (exact) mass is 290 g/mol. The van der Waals surface area contributed by atoms with Crippen LogP contribution in [0.25, 0.3) is 0 Å². The fourth-order valence-corrected chi connectivity index (χ4v) is 2.53. The molecule has 1 aliphatic carbocycles. The highest BCUT2D eigenvalue weighted by molar-refractivity contribution is 5.82. The number of nitrogens with zero attached hydrogens (tertiary/aromatic N) is 1. The third-order valence-corrected chi connectivity index (χ3v) is 3.78. The second kappa shape index (κ2) is 6.57. The van der Waals surface area contributed by atoms with Gasteiger partial charge in [0.15, 0.2) is 6.10 Å². The summed E-state index contributed by atoms with van der Waals surface area (Å²) in [6, 6.07) is 7.73. The summed E-state index contributed by atoms with van der Waals surface area (Å²) < 4.78 is 18.3. The highest BCUT2D eigenvalue weighted by atomic mass is 19.1. The van der Waals surface area contributed by atoms with Crippen LogP contribution < -0.4 is 10.1 Å². The van der Waals surface area contributed by atoms with E-state index in [0.717, 1.165) is 19.3 Å². The molecule has 4 nitrogen and oxygen atoms in total. The summed E-state index contributed by atoms with van der Waals surface area (Å²) in [5, 5.41) is 12.2. The van der Waals surface area contributed by atoms with Gasteiger partial charge in [-0.15, -0.1) is 0 Å². The van der Waals surface area contributed by atoms with Crippen LogP contribution in [0.1, 0.15) is 39.0 Å². The Balaban J connectivity index is 1.95. The maximum atomic E-state index is 12.8. The normalized spacial score (nSPS) is 18.3. The standard InChI is InChI=1S/C16H19FN2O2/c1-12(21-14-7-5-13(17)6-8-14)15(20)19-16(11-18)9-3-2-4-10-16/h5-8,12H,2-4,9-10H2,1H3,(H,19,20)/t12-/m0/s1. The van der Waals surface area contributed by atoms with Gasteiger partial charge in [-0.25, -0.2) is 4.39 Å². The zero-order chi connectivity index (χ0) is 15.3. The highest BCUT2D eigenvalue weighted by Gasteiger charge is 2.35. The highest BCUT2D eigenvalue weighted by Crippen LogP contribution is 2.27. The minimum atomic E-state index is -0.768. The minimum absolute atomic E-state index is 0.317. The predicted molar refractivity (Wildman–Crippen MR) is 76.1 cm³/mol. The van der Waals surface area contributed by atoms with Gasteiger partial charge in [-0.3, -0.25) is 4.79 Å². The van der Waals surface area contributed by atoms with E-state index in [4.69, 9.17) is 4.74 Å². The second-order valence-electron chi connectivity index (χ2n) is 5.46. The molecule has 0 aliphatic heterocycles. The van der Waals surface area contributed by atoms with Crippen LogP contribution in [0.2, 0.25) is 0 Å². The molecule has 1 saturated carbocycles. The van der Waals surface area contributed by atoms with Gasteiger partial charge in [0.05, 0.1) is 6.07 Å². The van der Waals surface area contributed by atoms with Gasteiger partial charge in [0, 0.05) is 0 Å². The van der Waals surface area contributed by atoms with Crippen molar-refractivity contribution in [2.75, 3.05) is 0 Å². The van der Waals surface area contributed by atoms with Gasteiger partial charge in [-0.05, 0) is 44.0 Å². The molecule has 1 aromatic carbocycles. The van der Waals surface area contributed by atoms with E-state index in [2.05, 4.69) is 11.4 Å². The van der Waals surface area contributed by atoms with Crippen molar-refractivity contribution >= 4 is 5.91 Å². The largest absolute Gasteiger partial charge is 0.481 e. The van der Waals surface area contributed by atoms with Crippen LogP contribution in [-0.2, 0) is 4.79 Å². The van der Waals surface area contributed by atoms with Crippen molar-refractivity contribution in [3.8, 4) is 11.8 Å². The number of nitrogens with one attached hydrogen (secondary N) is 1. The molecule has 0 saturated heterocycles. The molecule has 0 bridgehead atoms. The number of carbonyl (C=O) groups is 1. The van der Waals surface area contributed by atoms with Crippen molar-refractivity contribution in [1.29, 1.82) is 5.26 Å². The summed E-state index contributed by atoms with van der Waals surface area (Å²) in [4.78, 5) is 12.2. The lowest BCUT2D eigenvalue weighted by molar-refractivity contribution is -0.129. The number of ether oxygens (including phenoxy) is 1. The second-order valence-corrected chi connectivity index (χ2v) is 5.46. The first kappa shape index (κ1) is 15.3. The molecule has 1 aromatic rings. The van der Waals surface area contributed by atoms with E-state index in [-0.39, 0.29) is 11.7 Å². The number of benzene rings is 1. The summed E-state index contributed by atoms with van der Waals surface area (Å²) in [5.41, 5.74) is -0.768. The van der Waals surface area contributed by atoms with Gasteiger partial charge in [-0.1, -0.05) is 19.3 Å². The average molecular weight is 290 g/mol. The maximum absolute atomic E-state index is 12.8. The molecule has 21 heavy (non-hydrogen) atoms. The molecule has 1 amide bonds. The van der Waals surface area contributed by atoms with E-state index < -0.39 is 11.6 Å². The van der Waals surface area contributed by atoms with E-state index in [9.17, 15) is 14.4 Å². The number of amides is 1. The Bertz CT molecular complexity index is 530. The van der Waals surface area contributed by atoms with Gasteiger partial charge in [-0.2, -0.15) is 5.26 Å². The number of halogens is 1. The molecule has 5 heteroatoms. The molecule has 1 fully saturated rings. The van der Waals surface area contributed by atoms with Gasteiger partial charge < -0.3 is 10.1 Å². The van der Waals surface area contributed by atoms with E-state index in [1.165, 1.54) is 24.3 Å². The number of hydrogen-bond donors (Lipinski definition) is 1. The molecule has 2 rings (SSSR count). The first-order valence-corrected chi connectivity index (χ1v) is 7.20. The number of carbonyl (C=O) groups excluding carboxylic acids is 1. The summed E-state index contributed by atoms with van der Waals surface area (Å²) in [5.74, 6) is -0.249. The fourth-order valence-electron chi connectivity index (χ4n) is 2.53. The third kappa shape index (κ3) is 3.94. The summed E-state index contributed by atoms with van der Waals surface area (Å²) in [6.07, 6.45) is 3.61. The lowest BCUT2D eigenvalue weighted by Crippen LogP contribution is -2.52. The zero-order valence-corrected chi connectivity index (χ0v) is 12.1. The van der Waals surface area contributed by atoms with Crippen LogP contribution in [0.5, 0.6) is 5.75 Å². The first-order valence-electron chi connectivity index (χ1n) is 7.20. The summed E-state index contributed by atoms with van der Waals surface area (Å²) in [7, 11) is 0. The van der Waals surface area contributed by atoms with E-state index >= 15 is 0 Å². The summed E-state index contributed by atoms with van der Waals surface area (Å²) >= 11 is 0. The van der Waals surface area contributed by atoms with Crippen LogP contribution >= 0.6 is 0 Å². The Morgan fingerprint density at radius 1 is 1.33 bits per heavy atom. The zero-order valence-electron chi connectivity index (χ0n) is 12.1. The first-order chi connectivity index (χ1) is 10.0. The molecular formula is C16H19FN2O2. The molecule has 0 spiro atoms. The van der Waals surface area contributed by atoms with Crippen LogP contribution in [-0.4, -0.2) is 17.6 Å². The number of rotatable bonds is 4. The van der Waals surface area contributed by atoms with Crippen molar-refractivity contribution in [2.24, 2.45) is 0 Å². The quantitative estimate of drug-likeness (QED) is 0.927. The Morgan fingerprint density at radius 2 is 1.95 bits per heavy atom. The van der Waals surface area contributed by atoms with Crippen LogP contribution in [0.4, 0.5) is 4.39 Å². The van der Waals surface area contributed by atoms with Crippen LogP contribution in [0.3, 0.4) is 0 Å². The Hall–Kier alpha value is -2.09. The minimum Gasteiger partial charge on any atom is -0.481 e.